The normalized spacial score (nSPS) is 11.6. The summed E-state index contributed by atoms with van der Waals surface area (Å²) in [6, 6.07) is 23.1. The highest BCUT2D eigenvalue weighted by atomic mass is 15.1. The zero-order valence-electron chi connectivity index (χ0n) is 15.0. The van der Waals surface area contributed by atoms with Crippen LogP contribution >= 0.6 is 0 Å². The van der Waals surface area contributed by atoms with E-state index in [2.05, 4.69) is 86.4 Å². The molecule has 0 saturated heterocycles. The Kier molecular flexibility index (Phi) is 3.14. The summed E-state index contributed by atoms with van der Waals surface area (Å²) in [4.78, 5) is 12.5. The Morgan fingerprint density at radius 1 is 0.786 bits per heavy atom. The molecule has 0 bridgehead atoms. The molecule has 0 aliphatic rings. The van der Waals surface area contributed by atoms with Gasteiger partial charge < -0.3 is 4.98 Å². The van der Waals surface area contributed by atoms with Gasteiger partial charge in [0.05, 0.1) is 22.7 Å². The lowest BCUT2D eigenvalue weighted by Gasteiger charge is -2.08. The Hall–Kier alpha value is -3.92. The molecule has 4 nitrogen and oxygen atoms in total. The van der Waals surface area contributed by atoms with Gasteiger partial charge in [0.25, 0.3) is 0 Å². The smallest absolute Gasteiger partial charge is 0.137 e. The van der Waals surface area contributed by atoms with E-state index in [9.17, 15) is 0 Å². The maximum Gasteiger partial charge on any atom is 0.137 e. The molecule has 0 unspecified atom stereocenters. The lowest BCUT2D eigenvalue weighted by molar-refractivity contribution is 1.05. The van der Waals surface area contributed by atoms with Crippen molar-refractivity contribution < 1.29 is 0 Å². The number of fused-ring (bicyclic) bond motifs is 5. The average molecular weight is 360 g/mol. The molecule has 0 atom stereocenters. The lowest BCUT2D eigenvalue weighted by Crippen LogP contribution is -1.96. The second-order valence-electron chi connectivity index (χ2n) is 6.93. The highest BCUT2D eigenvalue weighted by Crippen LogP contribution is 2.33. The van der Waals surface area contributed by atoms with Crippen LogP contribution < -0.4 is 0 Å². The van der Waals surface area contributed by atoms with Crippen LogP contribution in [0.15, 0.2) is 91.5 Å². The summed E-state index contributed by atoms with van der Waals surface area (Å²) < 4.78 is 2.16. The molecule has 4 heteroatoms. The van der Waals surface area contributed by atoms with Crippen molar-refractivity contribution in [2.45, 2.75) is 0 Å². The monoisotopic (exact) mass is 360 g/mol. The molecule has 4 heterocycles. The molecule has 2 aromatic carbocycles. The van der Waals surface area contributed by atoms with Crippen LogP contribution in [0.25, 0.3) is 49.7 Å². The van der Waals surface area contributed by atoms with E-state index in [-0.39, 0.29) is 0 Å². The second-order valence-corrected chi connectivity index (χ2v) is 6.93. The first-order valence-electron chi connectivity index (χ1n) is 9.26. The summed E-state index contributed by atoms with van der Waals surface area (Å²) in [5.74, 6) is 0.903. The van der Waals surface area contributed by atoms with Crippen LogP contribution in [0, 0.1) is 0 Å². The molecule has 4 aromatic heterocycles. The number of nitrogens with zero attached hydrogens (tertiary/aromatic N) is 3. The van der Waals surface area contributed by atoms with Gasteiger partial charge in [-0.1, -0.05) is 42.5 Å². The van der Waals surface area contributed by atoms with E-state index >= 15 is 0 Å². The van der Waals surface area contributed by atoms with Gasteiger partial charge in [-0.25, -0.2) is 4.98 Å². The molecule has 0 aliphatic heterocycles. The molecule has 28 heavy (non-hydrogen) atoms. The molecule has 0 aliphatic carbocycles. The molecule has 6 aromatic rings. The number of nitrogens with one attached hydrogen (secondary N) is 1. The van der Waals surface area contributed by atoms with Gasteiger partial charge in [-0.2, -0.15) is 0 Å². The molecule has 0 saturated carbocycles. The first-order chi connectivity index (χ1) is 13.9. The molecule has 0 spiro atoms. The van der Waals surface area contributed by atoms with Crippen LogP contribution in [-0.4, -0.2) is 19.5 Å². The van der Waals surface area contributed by atoms with Crippen molar-refractivity contribution in [1.82, 2.24) is 19.5 Å². The predicted molar refractivity (Wildman–Crippen MR) is 114 cm³/mol. The standard InChI is InChI=1S/C24H16N4/c1-2-4-16(5-3-1)18-8-12-26-22(14-18)28-13-10-17-6-7-20-19-9-11-25-15-21(19)27-23(20)24(17)28/h1-15,27H. The fourth-order valence-electron chi connectivity index (χ4n) is 4.00. The van der Waals surface area contributed by atoms with Crippen LogP contribution in [0.1, 0.15) is 0 Å². The van der Waals surface area contributed by atoms with Gasteiger partial charge >= 0.3 is 0 Å². The van der Waals surface area contributed by atoms with Gasteiger partial charge in [0, 0.05) is 34.7 Å². The zero-order chi connectivity index (χ0) is 18.5. The number of aromatic nitrogens is 4. The van der Waals surface area contributed by atoms with Crippen LogP contribution in [0.4, 0.5) is 0 Å². The Morgan fingerprint density at radius 3 is 2.64 bits per heavy atom. The van der Waals surface area contributed by atoms with Crippen molar-refractivity contribution in [1.29, 1.82) is 0 Å². The van der Waals surface area contributed by atoms with Crippen molar-refractivity contribution in [3.8, 4) is 16.9 Å². The fraction of sp³-hybridized carbons (Fsp3) is 0. The van der Waals surface area contributed by atoms with Crippen molar-refractivity contribution in [2.75, 3.05) is 0 Å². The number of aromatic amines is 1. The maximum absolute atomic E-state index is 4.65. The van der Waals surface area contributed by atoms with Crippen LogP contribution in [-0.2, 0) is 0 Å². The van der Waals surface area contributed by atoms with E-state index in [4.69, 9.17) is 0 Å². The summed E-state index contributed by atoms with van der Waals surface area (Å²) >= 11 is 0. The van der Waals surface area contributed by atoms with Crippen molar-refractivity contribution >= 4 is 32.7 Å². The van der Waals surface area contributed by atoms with Gasteiger partial charge in [-0.3, -0.25) is 9.55 Å². The Labute approximate surface area is 161 Å². The molecule has 6 rings (SSSR count). The maximum atomic E-state index is 4.65. The molecular weight excluding hydrogens is 344 g/mol. The zero-order valence-corrected chi connectivity index (χ0v) is 15.0. The third kappa shape index (κ3) is 2.18. The molecule has 0 radical (unpaired) electrons. The summed E-state index contributed by atoms with van der Waals surface area (Å²) in [7, 11) is 0. The van der Waals surface area contributed by atoms with Crippen LogP contribution in [0.5, 0.6) is 0 Å². The van der Waals surface area contributed by atoms with Gasteiger partial charge in [0.1, 0.15) is 5.82 Å². The highest BCUT2D eigenvalue weighted by molar-refractivity contribution is 6.16. The van der Waals surface area contributed by atoms with E-state index in [1.807, 2.05) is 24.7 Å². The predicted octanol–water partition coefficient (Wildman–Crippen LogP) is 5.72. The van der Waals surface area contributed by atoms with Crippen LogP contribution in [0.2, 0.25) is 0 Å². The van der Waals surface area contributed by atoms with Crippen LogP contribution in [0.3, 0.4) is 0 Å². The summed E-state index contributed by atoms with van der Waals surface area (Å²) in [5, 5.41) is 3.56. The highest BCUT2D eigenvalue weighted by Gasteiger charge is 2.13. The SMILES string of the molecule is c1ccc(-c2ccnc(-n3ccc4ccc5c6ccncc6[nH]c5c43)c2)cc1. The topological polar surface area (TPSA) is 46.5 Å². The van der Waals surface area contributed by atoms with E-state index in [0.717, 1.165) is 27.9 Å². The molecule has 1 N–H and O–H groups in total. The summed E-state index contributed by atoms with van der Waals surface area (Å²) in [6.45, 7) is 0. The minimum Gasteiger partial charge on any atom is -0.352 e. The van der Waals surface area contributed by atoms with Gasteiger partial charge in [0.15, 0.2) is 0 Å². The summed E-state index contributed by atoms with van der Waals surface area (Å²) in [5.41, 5.74) is 5.62. The second kappa shape index (κ2) is 5.79. The number of hydrogen-bond donors (Lipinski definition) is 1. The van der Waals surface area contributed by atoms with E-state index in [0.29, 0.717) is 0 Å². The van der Waals surface area contributed by atoms with Gasteiger partial charge in [-0.15, -0.1) is 0 Å². The minimum atomic E-state index is 0.903. The average Bonchev–Trinajstić information content (AvgIpc) is 3.36. The van der Waals surface area contributed by atoms with E-state index in [1.54, 1.807) is 0 Å². The van der Waals surface area contributed by atoms with E-state index < -0.39 is 0 Å². The Balaban J connectivity index is 1.63. The third-order valence-corrected chi connectivity index (χ3v) is 5.32. The first kappa shape index (κ1) is 15.2. The molecular formula is C24H16N4. The minimum absolute atomic E-state index is 0.903. The first-order valence-corrected chi connectivity index (χ1v) is 9.26. The van der Waals surface area contributed by atoms with Gasteiger partial charge in [-0.05, 0) is 35.4 Å². The van der Waals surface area contributed by atoms with Gasteiger partial charge in [0.2, 0.25) is 0 Å². The molecule has 0 fully saturated rings. The third-order valence-electron chi connectivity index (χ3n) is 5.32. The molecule has 0 amide bonds. The Morgan fingerprint density at radius 2 is 1.71 bits per heavy atom. The number of benzene rings is 2. The van der Waals surface area contributed by atoms with E-state index in [1.165, 1.54) is 21.7 Å². The summed E-state index contributed by atoms with van der Waals surface area (Å²) in [6.07, 6.45) is 7.68. The fourth-order valence-corrected chi connectivity index (χ4v) is 4.00. The number of H-pyrrole nitrogens is 1. The van der Waals surface area contributed by atoms with Crippen molar-refractivity contribution in [3.05, 3.63) is 91.5 Å². The lowest BCUT2D eigenvalue weighted by atomic mass is 10.1. The Bertz CT molecular complexity index is 1460. The van der Waals surface area contributed by atoms with Crippen molar-refractivity contribution in [3.63, 3.8) is 0 Å². The number of rotatable bonds is 2. The largest absolute Gasteiger partial charge is 0.352 e. The van der Waals surface area contributed by atoms with Crippen molar-refractivity contribution in [2.24, 2.45) is 0 Å². The number of hydrogen-bond acceptors (Lipinski definition) is 2. The molecule has 132 valence electrons. The quantitative estimate of drug-likeness (QED) is 0.429. The number of pyridine rings is 2.